The van der Waals surface area contributed by atoms with Gasteiger partial charge in [-0.3, -0.25) is 0 Å². The summed E-state index contributed by atoms with van der Waals surface area (Å²) in [6.07, 6.45) is 4.44. The Morgan fingerprint density at radius 1 is 1.20 bits per heavy atom. The minimum Gasteiger partial charge on any atom is -0.467 e. The molecule has 3 rings (SSSR count). The molecule has 1 fully saturated rings. The molecule has 3 heteroatoms. The average Bonchev–Trinajstić information content (AvgIpc) is 3.22. The molecule has 1 saturated carbocycles. The summed E-state index contributed by atoms with van der Waals surface area (Å²) in [6.45, 7) is 4.90. The fourth-order valence-electron chi connectivity index (χ4n) is 2.40. The third kappa shape index (κ3) is 3.23. The summed E-state index contributed by atoms with van der Waals surface area (Å²) in [5, 5.41) is 3.55. The van der Waals surface area contributed by atoms with Gasteiger partial charge in [-0.15, -0.1) is 0 Å². The maximum atomic E-state index is 5.69. The first-order valence-corrected chi connectivity index (χ1v) is 7.45. The molecule has 0 aliphatic heterocycles. The molecule has 1 N–H and O–H groups in total. The van der Waals surface area contributed by atoms with Crippen LogP contribution in [-0.4, -0.2) is 12.6 Å². The van der Waals surface area contributed by atoms with Crippen LogP contribution in [-0.2, 0) is 13.1 Å². The number of furan rings is 1. The molecule has 106 valence electrons. The molecule has 2 aromatic rings. The van der Waals surface area contributed by atoms with E-state index in [1.165, 1.54) is 24.1 Å². The normalized spacial score (nSPS) is 14.4. The molecule has 3 nitrogen and oxygen atoms in total. The quantitative estimate of drug-likeness (QED) is 0.834. The van der Waals surface area contributed by atoms with E-state index in [1.807, 2.05) is 0 Å². The summed E-state index contributed by atoms with van der Waals surface area (Å²) >= 11 is 0. The highest BCUT2D eigenvalue weighted by atomic mass is 16.3. The van der Waals surface area contributed by atoms with Crippen molar-refractivity contribution < 1.29 is 4.42 Å². The molecule has 0 saturated heterocycles. The first-order chi connectivity index (χ1) is 9.86. The number of nitrogens with zero attached hydrogens (tertiary/aromatic N) is 1. The van der Waals surface area contributed by atoms with Crippen LogP contribution in [0.3, 0.4) is 0 Å². The van der Waals surface area contributed by atoms with E-state index in [9.17, 15) is 0 Å². The van der Waals surface area contributed by atoms with E-state index in [2.05, 4.69) is 53.5 Å². The summed E-state index contributed by atoms with van der Waals surface area (Å²) < 4.78 is 5.69. The van der Waals surface area contributed by atoms with Crippen LogP contribution in [0.5, 0.6) is 0 Å². The second-order valence-electron chi connectivity index (χ2n) is 5.37. The largest absolute Gasteiger partial charge is 0.467 e. The fraction of sp³-hybridized carbons (Fsp3) is 0.412. The van der Waals surface area contributed by atoms with E-state index in [0.29, 0.717) is 0 Å². The number of hydrogen-bond donors (Lipinski definition) is 1. The van der Waals surface area contributed by atoms with Gasteiger partial charge in [-0.25, -0.2) is 0 Å². The zero-order valence-electron chi connectivity index (χ0n) is 12.0. The van der Waals surface area contributed by atoms with Crippen molar-refractivity contribution in [1.29, 1.82) is 0 Å². The van der Waals surface area contributed by atoms with Gasteiger partial charge in [0, 0.05) is 30.4 Å². The smallest absolute Gasteiger partial charge is 0.127 e. The van der Waals surface area contributed by atoms with Crippen LogP contribution >= 0.6 is 0 Å². The molecule has 1 aromatic carbocycles. The van der Waals surface area contributed by atoms with Crippen molar-refractivity contribution in [3.8, 4) is 0 Å². The minimum absolute atomic E-state index is 0.731. The van der Waals surface area contributed by atoms with Crippen LogP contribution in [0.2, 0.25) is 0 Å². The molecule has 1 aromatic heterocycles. The summed E-state index contributed by atoms with van der Waals surface area (Å²) in [4.78, 5) is 2.33. The molecule has 0 spiro atoms. The van der Waals surface area contributed by atoms with Gasteiger partial charge in [0.2, 0.25) is 0 Å². The molecule has 20 heavy (non-hydrogen) atoms. The number of anilines is 1. The highest BCUT2D eigenvalue weighted by Gasteiger charge is 2.21. The molecule has 1 aliphatic carbocycles. The van der Waals surface area contributed by atoms with E-state index in [1.54, 1.807) is 6.26 Å². The Bertz CT molecular complexity index is 531. The van der Waals surface area contributed by atoms with Crippen LogP contribution in [0.15, 0.2) is 47.1 Å². The van der Waals surface area contributed by atoms with E-state index < -0.39 is 0 Å². The summed E-state index contributed by atoms with van der Waals surface area (Å²) in [5.74, 6) is 1.07. The van der Waals surface area contributed by atoms with E-state index >= 15 is 0 Å². The van der Waals surface area contributed by atoms with Gasteiger partial charge in [-0.05, 0) is 38.0 Å². The third-order valence-electron chi connectivity index (χ3n) is 3.83. The number of benzene rings is 1. The zero-order chi connectivity index (χ0) is 13.8. The Hall–Kier alpha value is -1.74. The van der Waals surface area contributed by atoms with E-state index in [-0.39, 0.29) is 0 Å². The number of hydrogen-bond acceptors (Lipinski definition) is 3. The Morgan fingerprint density at radius 3 is 2.70 bits per heavy atom. The van der Waals surface area contributed by atoms with Crippen molar-refractivity contribution >= 4 is 5.69 Å². The van der Waals surface area contributed by atoms with Crippen LogP contribution in [0, 0.1) is 0 Å². The topological polar surface area (TPSA) is 28.4 Å². The van der Waals surface area contributed by atoms with Gasteiger partial charge in [0.1, 0.15) is 5.76 Å². The van der Waals surface area contributed by atoms with Crippen molar-refractivity contribution in [2.75, 3.05) is 11.4 Å². The summed E-state index contributed by atoms with van der Waals surface area (Å²) in [7, 11) is 0. The SMILES string of the molecule is CCN(Cc1occc1CNC1CC1)c1ccccc1. The predicted molar refractivity (Wildman–Crippen MR) is 81.7 cm³/mol. The number of rotatable bonds is 7. The fourth-order valence-corrected chi connectivity index (χ4v) is 2.40. The minimum atomic E-state index is 0.731. The highest BCUT2D eigenvalue weighted by molar-refractivity contribution is 5.46. The van der Waals surface area contributed by atoms with Crippen molar-refractivity contribution in [3.63, 3.8) is 0 Å². The lowest BCUT2D eigenvalue weighted by Gasteiger charge is -2.22. The average molecular weight is 270 g/mol. The van der Waals surface area contributed by atoms with Crippen LogP contribution < -0.4 is 10.2 Å². The zero-order valence-corrected chi connectivity index (χ0v) is 12.0. The maximum Gasteiger partial charge on any atom is 0.127 e. The van der Waals surface area contributed by atoms with Gasteiger partial charge in [0.25, 0.3) is 0 Å². The van der Waals surface area contributed by atoms with Crippen molar-refractivity contribution in [3.05, 3.63) is 54.0 Å². The second-order valence-corrected chi connectivity index (χ2v) is 5.37. The lowest BCUT2D eigenvalue weighted by Crippen LogP contribution is -2.23. The molecule has 0 bridgehead atoms. The second kappa shape index (κ2) is 6.14. The van der Waals surface area contributed by atoms with E-state index in [4.69, 9.17) is 4.42 Å². The van der Waals surface area contributed by atoms with Gasteiger partial charge in [-0.2, -0.15) is 0 Å². The first kappa shape index (κ1) is 13.3. The van der Waals surface area contributed by atoms with Gasteiger partial charge < -0.3 is 14.6 Å². The van der Waals surface area contributed by atoms with Gasteiger partial charge >= 0.3 is 0 Å². The van der Waals surface area contributed by atoms with Gasteiger partial charge in [-0.1, -0.05) is 18.2 Å². The lowest BCUT2D eigenvalue weighted by atomic mass is 10.2. The molecule has 0 radical (unpaired) electrons. The monoisotopic (exact) mass is 270 g/mol. The molecular weight excluding hydrogens is 248 g/mol. The van der Waals surface area contributed by atoms with Crippen molar-refractivity contribution in [1.82, 2.24) is 5.32 Å². The standard InChI is InChI=1S/C17H22N2O/c1-2-19(16-6-4-3-5-7-16)13-17-14(10-11-20-17)12-18-15-8-9-15/h3-7,10-11,15,18H,2,8-9,12-13H2,1H3. The molecule has 0 atom stereocenters. The van der Waals surface area contributed by atoms with Crippen molar-refractivity contribution in [2.24, 2.45) is 0 Å². The molecule has 0 unspecified atom stereocenters. The molecular formula is C17H22N2O. The maximum absolute atomic E-state index is 5.69. The number of para-hydroxylation sites is 1. The number of nitrogens with one attached hydrogen (secondary N) is 1. The van der Waals surface area contributed by atoms with E-state index in [0.717, 1.165) is 31.4 Å². The first-order valence-electron chi connectivity index (χ1n) is 7.45. The molecule has 1 aliphatic rings. The Morgan fingerprint density at radius 2 is 2.00 bits per heavy atom. The summed E-state index contributed by atoms with van der Waals surface area (Å²) in [5.41, 5.74) is 2.53. The van der Waals surface area contributed by atoms with Crippen LogP contribution in [0.4, 0.5) is 5.69 Å². The third-order valence-corrected chi connectivity index (χ3v) is 3.83. The van der Waals surface area contributed by atoms with Gasteiger partial charge in [0.15, 0.2) is 0 Å². The van der Waals surface area contributed by atoms with Crippen LogP contribution in [0.25, 0.3) is 0 Å². The van der Waals surface area contributed by atoms with Gasteiger partial charge in [0.05, 0.1) is 12.8 Å². The Balaban J connectivity index is 1.67. The van der Waals surface area contributed by atoms with Crippen LogP contribution in [0.1, 0.15) is 31.1 Å². The molecule has 0 amide bonds. The predicted octanol–water partition coefficient (Wildman–Crippen LogP) is 3.56. The highest BCUT2D eigenvalue weighted by Crippen LogP contribution is 2.22. The Kier molecular flexibility index (Phi) is 4.07. The lowest BCUT2D eigenvalue weighted by molar-refractivity contribution is 0.495. The molecule has 1 heterocycles. The summed E-state index contributed by atoms with van der Waals surface area (Å²) in [6, 6.07) is 13.3. The Labute approximate surface area is 120 Å². The van der Waals surface area contributed by atoms with Crippen molar-refractivity contribution in [2.45, 2.75) is 38.9 Å².